The first kappa shape index (κ1) is 18.9. The molecular formula is C16H17INO2Y-. The van der Waals surface area contributed by atoms with E-state index in [0.717, 1.165) is 32.8 Å². The summed E-state index contributed by atoms with van der Waals surface area (Å²) in [7, 11) is 1.61. The molecule has 0 atom stereocenters. The molecule has 1 aromatic carbocycles. The molecule has 21 heavy (non-hydrogen) atoms. The third kappa shape index (κ3) is 4.65. The van der Waals surface area contributed by atoms with Crippen LogP contribution in [0.1, 0.15) is 12.5 Å². The van der Waals surface area contributed by atoms with Crippen LogP contribution in [0.2, 0.25) is 0 Å². The number of nitrogens with zero attached hydrogens (tertiary/aromatic N) is 1. The molecule has 0 N–H and O–H groups in total. The fraction of sp³-hybridized carbons (Fsp3) is 0.250. The first-order chi connectivity index (χ1) is 9.67. The zero-order valence-electron chi connectivity index (χ0n) is 12.2. The summed E-state index contributed by atoms with van der Waals surface area (Å²) < 4.78 is 11.4. The molecule has 0 fully saturated rings. The minimum absolute atomic E-state index is 0. The molecule has 0 saturated carbocycles. The maximum absolute atomic E-state index is 5.39. The summed E-state index contributed by atoms with van der Waals surface area (Å²) in [4.78, 5) is 2.16. The zero-order valence-corrected chi connectivity index (χ0v) is 17.2. The first-order valence-electron chi connectivity index (χ1n) is 6.35. The van der Waals surface area contributed by atoms with Gasteiger partial charge in [0.05, 0.1) is 0 Å². The van der Waals surface area contributed by atoms with Gasteiger partial charge in [0.2, 0.25) is 0 Å². The van der Waals surface area contributed by atoms with Gasteiger partial charge >= 0.3 is 0 Å². The van der Waals surface area contributed by atoms with Crippen molar-refractivity contribution in [3.63, 3.8) is 0 Å². The van der Waals surface area contributed by atoms with Gasteiger partial charge in [-0.05, 0) is 24.8 Å². The van der Waals surface area contributed by atoms with Crippen molar-refractivity contribution in [3.8, 4) is 5.75 Å². The molecule has 0 saturated heterocycles. The molecule has 1 aliphatic rings. The Balaban J connectivity index is 0.00000220. The van der Waals surface area contributed by atoms with Crippen LogP contribution < -0.4 is 4.74 Å². The van der Waals surface area contributed by atoms with Crippen LogP contribution in [0.25, 0.3) is 5.70 Å². The van der Waals surface area contributed by atoms with Gasteiger partial charge in [-0.15, -0.1) is 34.7 Å². The Morgan fingerprint density at radius 2 is 1.95 bits per heavy atom. The average molecular weight is 471 g/mol. The standard InChI is InChI=1S/C16H17INO2.Y/c1-4-18-12(2)15(17)9-10-16(18)13-5-7-14(8-6-13)20-11-19-3;/h5-9H,2,4,11H2,1,3H3;/q-1;. The van der Waals surface area contributed by atoms with Crippen molar-refractivity contribution in [2.24, 2.45) is 0 Å². The largest absolute Gasteiger partial charge is 0.468 e. The minimum atomic E-state index is 0. The Bertz CT molecular complexity index is 552. The second kappa shape index (κ2) is 9.08. The van der Waals surface area contributed by atoms with Crippen molar-refractivity contribution in [1.29, 1.82) is 0 Å². The van der Waals surface area contributed by atoms with Crippen molar-refractivity contribution in [2.45, 2.75) is 6.92 Å². The second-order valence-electron chi connectivity index (χ2n) is 4.25. The Morgan fingerprint density at radius 3 is 2.52 bits per heavy atom. The van der Waals surface area contributed by atoms with E-state index in [2.05, 4.69) is 47.1 Å². The third-order valence-corrected chi connectivity index (χ3v) is 3.93. The van der Waals surface area contributed by atoms with Crippen molar-refractivity contribution in [3.05, 3.63) is 57.8 Å². The fourth-order valence-electron chi connectivity index (χ4n) is 1.98. The number of hydrogen-bond donors (Lipinski definition) is 0. The molecule has 5 heteroatoms. The van der Waals surface area contributed by atoms with Crippen LogP contribution in [0.4, 0.5) is 0 Å². The Kier molecular flexibility index (Phi) is 8.17. The van der Waals surface area contributed by atoms with Crippen molar-refractivity contribution in [2.75, 3.05) is 20.4 Å². The van der Waals surface area contributed by atoms with Gasteiger partial charge in [-0.25, -0.2) is 0 Å². The number of likely N-dealkylation sites (N-methyl/N-ethyl adjacent to an activating group) is 1. The molecule has 3 nitrogen and oxygen atoms in total. The molecule has 0 aliphatic carbocycles. The van der Waals surface area contributed by atoms with E-state index in [1.165, 1.54) is 0 Å². The van der Waals surface area contributed by atoms with Crippen LogP contribution in [0.15, 0.2) is 46.2 Å². The van der Waals surface area contributed by atoms with Crippen LogP contribution in [-0.2, 0) is 37.4 Å². The molecule has 0 aromatic heterocycles. The maximum atomic E-state index is 5.39. The van der Waals surface area contributed by atoms with E-state index >= 15 is 0 Å². The normalized spacial score (nSPS) is 14.2. The van der Waals surface area contributed by atoms with Crippen molar-refractivity contribution >= 4 is 28.3 Å². The van der Waals surface area contributed by atoms with Gasteiger partial charge in [0.15, 0.2) is 6.79 Å². The predicted molar refractivity (Wildman–Crippen MR) is 89.2 cm³/mol. The van der Waals surface area contributed by atoms with Crippen LogP contribution in [-0.4, -0.2) is 25.3 Å². The summed E-state index contributed by atoms with van der Waals surface area (Å²) in [6, 6.07) is 7.91. The number of hydrogen-bond acceptors (Lipinski definition) is 3. The molecular weight excluding hydrogens is 454 g/mol. The molecule has 1 heterocycles. The van der Waals surface area contributed by atoms with Gasteiger partial charge in [0, 0.05) is 46.4 Å². The molecule has 1 radical (unpaired) electrons. The monoisotopic (exact) mass is 471 g/mol. The number of rotatable bonds is 5. The van der Waals surface area contributed by atoms with Gasteiger partial charge in [0.25, 0.3) is 0 Å². The van der Waals surface area contributed by atoms with Gasteiger partial charge in [-0.1, -0.05) is 21.4 Å². The van der Waals surface area contributed by atoms with E-state index < -0.39 is 0 Å². The number of allylic oxidation sites excluding steroid dienone is 3. The Hall–Kier alpha value is -0.166. The molecule has 0 unspecified atom stereocenters. The van der Waals surface area contributed by atoms with Crippen LogP contribution >= 0.6 is 22.6 Å². The Labute approximate surface area is 165 Å². The van der Waals surface area contributed by atoms with Crippen molar-refractivity contribution in [1.82, 2.24) is 4.90 Å². The van der Waals surface area contributed by atoms with Crippen molar-refractivity contribution < 1.29 is 42.2 Å². The fourth-order valence-corrected chi connectivity index (χ4v) is 2.43. The van der Waals surface area contributed by atoms with E-state index in [4.69, 9.17) is 9.47 Å². The SMILES string of the molecule is C=C1C(I)=C[C-]=C(c2ccc(OCOC)cc2)N1CC.[Y]. The van der Waals surface area contributed by atoms with E-state index in [-0.39, 0.29) is 39.5 Å². The number of benzene rings is 1. The summed E-state index contributed by atoms with van der Waals surface area (Å²) in [5, 5.41) is 0. The van der Waals surface area contributed by atoms with Gasteiger partial charge in [-0.3, -0.25) is 0 Å². The average Bonchev–Trinajstić information content (AvgIpc) is 2.48. The molecule has 1 aliphatic heterocycles. The zero-order chi connectivity index (χ0) is 14.5. The van der Waals surface area contributed by atoms with Crippen LogP contribution in [0.5, 0.6) is 5.75 Å². The second-order valence-corrected chi connectivity index (χ2v) is 5.41. The first-order valence-corrected chi connectivity index (χ1v) is 7.43. The van der Waals surface area contributed by atoms with E-state index in [1.54, 1.807) is 7.11 Å². The number of halogens is 1. The Morgan fingerprint density at radius 1 is 1.29 bits per heavy atom. The molecule has 0 bridgehead atoms. The molecule has 109 valence electrons. The summed E-state index contributed by atoms with van der Waals surface area (Å²) in [5.74, 6) is 0.791. The van der Waals surface area contributed by atoms with E-state index in [9.17, 15) is 0 Å². The molecule has 2 rings (SSSR count). The minimum Gasteiger partial charge on any atom is -0.468 e. The number of ether oxygens (including phenoxy) is 2. The van der Waals surface area contributed by atoms with Crippen LogP contribution in [0, 0.1) is 6.08 Å². The summed E-state index contributed by atoms with van der Waals surface area (Å²) >= 11 is 2.28. The summed E-state index contributed by atoms with van der Waals surface area (Å²) in [6.45, 7) is 7.36. The van der Waals surface area contributed by atoms with Gasteiger partial charge in [0.1, 0.15) is 5.75 Å². The molecule has 0 amide bonds. The molecule has 1 aromatic rings. The molecule has 0 spiro atoms. The summed E-state index contributed by atoms with van der Waals surface area (Å²) in [5.41, 5.74) is 3.15. The van der Waals surface area contributed by atoms with E-state index in [1.807, 2.05) is 30.3 Å². The van der Waals surface area contributed by atoms with E-state index in [0.29, 0.717) is 0 Å². The quantitative estimate of drug-likeness (QED) is 0.369. The maximum Gasteiger partial charge on any atom is 0.188 e. The number of methoxy groups -OCH3 is 1. The third-order valence-electron chi connectivity index (χ3n) is 2.99. The van der Waals surface area contributed by atoms with Crippen LogP contribution in [0.3, 0.4) is 0 Å². The summed E-state index contributed by atoms with van der Waals surface area (Å²) in [6.07, 6.45) is 5.30. The predicted octanol–water partition coefficient (Wildman–Crippen LogP) is 3.98. The van der Waals surface area contributed by atoms with Gasteiger partial charge < -0.3 is 14.4 Å². The topological polar surface area (TPSA) is 21.7 Å². The smallest absolute Gasteiger partial charge is 0.188 e. The van der Waals surface area contributed by atoms with Gasteiger partial charge in [-0.2, -0.15) is 12.2 Å².